The Labute approximate surface area is 220 Å². The fraction of sp³-hybridized carbons (Fsp3) is 0.375. The van der Waals surface area contributed by atoms with Crippen LogP contribution in [0.4, 0.5) is 5.95 Å². The van der Waals surface area contributed by atoms with E-state index in [4.69, 9.17) is 14.2 Å². The number of sulfonamides is 1. The van der Waals surface area contributed by atoms with Gasteiger partial charge in [0.05, 0.1) is 31.8 Å². The molecule has 202 valence electrons. The maximum absolute atomic E-state index is 13.6. The van der Waals surface area contributed by atoms with Crippen LogP contribution in [0.5, 0.6) is 11.5 Å². The first-order chi connectivity index (χ1) is 18.2. The lowest BCUT2D eigenvalue weighted by molar-refractivity contribution is 0.0985. The zero-order valence-electron chi connectivity index (χ0n) is 22.0. The summed E-state index contributed by atoms with van der Waals surface area (Å²) in [4.78, 5) is 8.51. The summed E-state index contributed by atoms with van der Waals surface area (Å²) in [7, 11) is 0.337. The van der Waals surface area contributed by atoms with Crippen LogP contribution in [-0.2, 0) is 21.3 Å². The zero-order valence-corrected chi connectivity index (χ0v) is 22.8. The Morgan fingerprint density at radius 3 is 2.29 bits per heavy atom. The fourth-order valence-electron chi connectivity index (χ4n) is 3.92. The quantitative estimate of drug-likeness (QED) is 0.300. The number of aryl methyl sites for hydroxylation is 2. The molecule has 0 spiro atoms. The Morgan fingerprint density at radius 2 is 1.74 bits per heavy atom. The van der Waals surface area contributed by atoms with Crippen molar-refractivity contribution in [1.29, 1.82) is 0 Å². The van der Waals surface area contributed by atoms with E-state index in [-0.39, 0.29) is 11.8 Å². The van der Waals surface area contributed by atoms with Gasteiger partial charge < -0.3 is 14.2 Å². The largest absolute Gasteiger partial charge is 0.494 e. The molecule has 0 bridgehead atoms. The van der Waals surface area contributed by atoms with Gasteiger partial charge in [0.15, 0.2) is 5.82 Å². The summed E-state index contributed by atoms with van der Waals surface area (Å²) >= 11 is 0. The van der Waals surface area contributed by atoms with Crippen LogP contribution >= 0.6 is 0 Å². The molecule has 3 aromatic heterocycles. The third-order valence-corrected chi connectivity index (χ3v) is 7.67. The van der Waals surface area contributed by atoms with Crippen LogP contribution in [0.2, 0.25) is 0 Å². The molecule has 0 aliphatic carbocycles. The minimum atomic E-state index is -4.09. The highest BCUT2D eigenvalue weighted by molar-refractivity contribution is 7.93. The van der Waals surface area contributed by atoms with E-state index in [9.17, 15) is 8.42 Å². The number of nitrogens with zero attached hydrogens (tertiary/aromatic N) is 7. The average Bonchev–Trinajstić information content (AvgIpc) is 3.56. The molecule has 1 unspecified atom stereocenters. The number of hydrogen-bond donors (Lipinski definition) is 1. The van der Waals surface area contributed by atoms with Crippen molar-refractivity contribution in [3.8, 4) is 28.7 Å². The van der Waals surface area contributed by atoms with Crippen LogP contribution in [0.1, 0.15) is 31.3 Å². The molecule has 4 rings (SSSR count). The maximum Gasteiger partial charge on any atom is 0.243 e. The van der Waals surface area contributed by atoms with E-state index in [1.54, 1.807) is 48.3 Å². The number of rotatable bonds is 11. The van der Waals surface area contributed by atoms with Gasteiger partial charge in [-0.25, -0.2) is 8.42 Å². The van der Waals surface area contributed by atoms with E-state index in [0.29, 0.717) is 40.8 Å². The number of hydrogen-bond acceptors (Lipinski definition) is 10. The van der Waals surface area contributed by atoms with Crippen molar-refractivity contribution < 1.29 is 22.6 Å². The zero-order chi connectivity index (χ0) is 27.4. The molecule has 0 aliphatic heterocycles. The number of benzene rings is 1. The van der Waals surface area contributed by atoms with Gasteiger partial charge in [-0.05, 0) is 39.0 Å². The minimum absolute atomic E-state index is 0.0782. The van der Waals surface area contributed by atoms with Gasteiger partial charge in [0.2, 0.25) is 16.0 Å². The standard InChI is InChI=1S/C24H30N8O5S/c1-7-31-12-11-17(29-31)23-27-28-24(32(23)21-19(35-4)9-8-10-20(21)36-5)30-38(33,34)16(3)22(37-6)18-14-25-15(2)13-26-18/h8-14,16,22H,7H2,1-6H3,(H,28,30)/t16-,22?/m0/s1. The first-order valence-electron chi connectivity index (χ1n) is 11.8. The highest BCUT2D eigenvalue weighted by Gasteiger charge is 2.34. The van der Waals surface area contributed by atoms with Gasteiger partial charge in [-0.2, -0.15) is 5.10 Å². The second kappa shape index (κ2) is 11.1. The molecular weight excluding hydrogens is 512 g/mol. The first kappa shape index (κ1) is 27.0. The van der Waals surface area contributed by atoms with Crippen molar-refractivity contribution in [3.05, 3.63) is 54.2 Å². The van der Waals surface area contributed by atoms with Crippen LogP contribution in [0, 0.1) is 6.92 Å². The SMILES string of the molecule is CCn1ccc(-c2nnc(NS(=O)(=O)[C@@H](C)C(OC)c3cnc(C)cn3)n2-c2c(OC)cccc2OC)n1. The van der Waals surface area contributed by atoms with Gasteiger partial charge in [-0.15, -0.1) is 10.2 Å². The summed E-state index contributed by atoms with van der Waals surface area (Å²) in [6.07, 6.45) is 3.96. The molecule has 0 amide bonds. The number of methoxy groups -OCH3 is 3. The summed E-state index contributed by atoms with van der Waals surface area (Å²) in [5.74, 6) is 1.04. The molecule has 1 N–H and O–H groups in total. The van der Waals surface area contributed by atoms with E-state index in [1.807, 2.05) is 6.92 Å². The number of para-hydroxylation sites is 1. The van der Waals surface area contributed by atoms with Crippen molar-refractivity contribution in [3.63, 3.8) is 0 Å². The van der Waals surface area contributed by atoms with Gasteiger partial charge in [0.25, 0.3) is 0 Å². The van der Waals surface area contributed by atoms with Gasteiger partial charge in [-0.3, -0.25) is 23.9 Å². The maximum atomic E-state index is 13.6. The van der Waals surface area contributed by atoms with E-state index in [1.165, 1.54) is 39.0 Å². The highest BCUT2D eigenvalue weighted by Crippen LogP contribution is 2.37. The van der Waals surface area contributed by atoms with Crippen molar-refractivity contribution in [2.75, 3.05) is 26.1 Å². The Hall–Kier alpha value is -4.04. The lowest BCUT2D eigenvalue weighted by atomic mass is 10.2. The molecule has 3 heterocycles. The van der Waals surface area contributed by atoms with Gasteiger partial charge in [0.1, 0.15) is 34.2 Å². The number of anilines is 1. The van der Waals surface area contributed by atoms with Crippen LogP contribution < -0.4 is 14.2 Å². The molecule has 0 saturated carbocycles. The van der Waals surface area contributed by atoms with Gasteiger partial charge >= 0.3 is 0 Å². The Morgan fingerprint density at radius 1 is 1.03 bits per heavy atom. The third-order valence-electron chi connectivity index (χ3n) is 5.98. The third kappa shape index (κ3) is 5.17. The van der Waals surface area contributed by atoms with Crippen LogP contribution in [0.15, 0.2) is 42.9 Å². The molecule has 0 radical (unpaired) electrons. The van der Waals surface area contributed by atoms with Crippen LogP contribution in [0.3, 0.4) is 0 Å². The number of ether oxygens (including phenoxy) is 3. The lowest BCUT2D eigenvalue weighted by Crippen LogP contribution is -2.33. The molecule has 0 fully saturated rings. The summed E-state index contributed by atoms with van der Waals surface area (Å²) in [6.45, 7) is 5.91. The van der Waals surface area contributed by atoms with E-state index in [0.717, 1.165) is 0 Å². The second-order valence-corrected chi connectivity index (χ2v) is 10.4. The van der Waals surface area contributed by atoms with Gasteiger partial charge in [0, 0.05) is 26.0 Å². The van der Waals surface area contributed by atoms with E-state index in [2.05, 4.69) is 30.0 Å². The van der Waals surface area contributed by atoms with Gasteiger partial charge in [-0.1, -0.05) is 6.07 Å². The molecule has 0 saturated heterocycles. The summed E-state index contributed by atoms with van der Waals surface area (Å²) < 4.78 is 49.8. The lowest BCUT2D eigenvalue weighted by Gasteiger charge is -2.23. The molecule has 0 aliphatic rings. The van der Waals surface area contributed by atoms with E-state index < -0.39 is 21.4 Å². The summed E-state index contributed by atoms with van der Waals surface area (Å²) in [5.41, 5.74) is 1.97. The second-order valence-electron chi connectivity index (χ2n) is 8.34. The average molecular weight is 543 g/mol. The summed E-state index contributed by atoms with van der Waals surface area (Å²) in [5, 5.41) is 11.9. The number of nitrogens with one attached hydrogen (secondary N) is 1. The molecular formula is C24H30N8O5S. The predicted octanol–water partition coefficient (Wildman–Crippen LogP) is 2.78. The normalized spacial score (nSPS) is 13.2. The highest BCUT2D eigenvalue weighted by atomic mass is 32.2. The Balaban J connectivity index is 1.83. The number of aromatic nitrogens is 7. The smallest absolute Gasteiger partial charge is 0.243 e. The monoisotopic (exact) mass is 542 g/mol. The first-order valence-corrected chi connectivity index (χ1v) is 13.3. The predicted molar refractivity (Wildman–Crippen MR) is 140 cm³/mol. The van der Waals surface area contributed by atoms with Crippen molar-refractivity contribution in [2.24, 2.45) is 0 Å². The molecule has 2 atom stereocenters. The Bertz CT molecular complexity index is 1480. The van der Waals surface area contributed by atoms with Crippen LogP contribution in [-0.4, -0.2) is 69.5 Å². The molecule has 13 nitrogen and oxygen atoms in total. The van der Waals surface area contributed by atoms with Crippen molar-refractivity contribution in [1.82, 2.24) is 34.5 Å². The van der Waals surface area contributed by atoms with E-state index >= 15 is 0 Å². The fourth-order valence-corrected chi connectivity index (χ4v) is 5.07. The molecule has 1 aromatic carbocycles. The van der Waals surface area contributed by atoms with Crippen molar-refractivity contribution >= 4 is 16.0 Å². The topological polar surface area (TPSA) is 148 Å². The van der Waals surface area contributed by atoms with Crippen molar-refractivity contribution in [2.45, 2.75) is 38.7 Å². The molecule has 38 heavy (non-hydrogen) atoms. The minimum Gasteiger partial charge on any atom is -0.494 e. The van der Waals surface area contributed by atoms with Crippen LogP contribution in [0.25, 0.3) is 17.2 Å². The Kier molecular flexibility index (Phi) is 7.92. The summed E-state index contributed by atoms with van der Waals surface area (Å²) in [6, 6.07) is 6.98. The molecule has 4 aromatic rings. The molecule has 14 heteroatoms.